The van der Waals surface area contributed by atoms with Crippen molar-refractivity contribution in [2.45, 2.75) is 118 Å². The molecule has 232 valence electrons. The van der Waals surface area contributed by atoms with Gasteiger partial charge in [0.1, 0.15) is 6.04 Å². The number of amides is 3. The SMILES string of the molecule is CCOC(O)[C@H](CCSC)NC(=O)C(C)=C[C@H](C(C)C)N(C)C(=O)[C@@H](NC(=O)[C@H]1CCCCN1C(C)C)C(C)C. The van der Waals surface area contributed by atoms with E-state index in [1.807, 2.05) is 34.0 Å². The number of nitrogens with one attached hydrogen (secondary N) is 2. The molecule has 1 aliphatic rings. The van der Waals surface area contributed by atoms with Crippen molar-refractivity contribution in [3.63, 3.8) is 0 Å². The van der Waals surface area contributed by atoms with Crippen molar-refractivity contribution in [1.82, 2.24) is 20.4 Å². The molecule has 1 fully saturated rings. The summed E-state index contributed by atoms with van der Waals surface area (Å²) in [5.74, 6) is 0.107. The van der Waals surface area contributed by atoms with Crippen molar-refractivity contribution in [2.75, 3.05) is 32.2 Å². The number of likely N-dealkylation sites (tertiary alicyclic amines) is 1. The summed E-state index contributed by atoms with van der Waals surface area (Å²) in [6, 6.07) is -1.54. The number of likely N-dealkylation sites (N-methyl/N-ethyl adjacent to an activating group) is 1. The van der Waals surface area contributed by atoms with E-state index in [2.05, 4.69) is 29.4 Å². The minimum atomic E-state index is -1.09. The van der Waals surface area contributed by atoms with E-state index in [0.29, 0.717) is 18.6 Å². The Morgan fingerprint density at radius 2 is 1.75 bits per heavy atom. The number of hydrogen-bond acceptors (Lipinski definition) is 7. The molecule has 0 radical (unpaired) electrons. The first-order valence-corrected chi connectivity index (χ1v) is 16.3. The normalized spacial score (nSPS) is 19.9. The average molecular weight is 585 g/mol. The molecule has 0 aromatic heterocycles. The molecular weight excluding hydrogens is 528 g/mol. The molecule has 1 saturated heterocycles. The fourth-order valence-electron chi connectivity index (χ4n) is 5.17. The number of rotatable bonds is 16. The van der Waals surface area contributed by atoms with Crippen molar-refractivity contribution < 1.29 is 24.2 Å². The van der Waals surface area contributed by atoms with Gasteiger partial charge in [0.15, 0.2) is 6.29 Å². The third kappa shape index (κ3) is 11.0. The second kappa shape index (κ2) is 18.0. The van der Waals surface area contributed by atoms with Gasteiger partial charge >= 0.3 is 0 Å². The predicted molar refractivity (Wildman–Crippen MR) is 164 cm³/mol. The molecule has 1 unspecified atom stereocenters. The summed E-state index contributed by atoms with van der Waals surface area (Å²) in [6.07, 6.45) is 6.12. The summed E-state index contributed by atoms with van der Waals surface area (Å²) in [7, 11) is 1.73. The Balaban J connectivity index is 3.08. The number of aliphatic hydroxyl groups excluding tert-OH is 1. The Labute approximate surface area is 247 Å². The van der Waals surface area contributed by atoms with Gasteiger partial charge in [0.05, 0.1) is 18.1 Å². The molecule has 0 aromatic rings. The molecule has 0 aromatic carbocycles. The van der Waals surface area contributed by atoms with Crippen LogP contribution in [-0.2, 0) is 19.1 Å². The maximum Gasteiger partial charge on any atom is 0.247 e. The zero-order valence-corrected chi connectivity index (χ0v) is 27.3. The van der Waals surface area contributed by atoms with Crippen molar-refractivity contribution in [1.29, 1.82) is 0 Å². The largest absolute Gasteiger partial charge is 0.366 e. The summed E-state index contributed by atoms with van der Waals surface area (Å²) >= 11 is 1.63. The molecule has 3 amide bonds. The zero-order chi connectivity index (χ0) is 30.6. The third-order valence-corrected chi connectivity index (χ3v) is 8.27. The predicted octanol–water partition coefficient (Wildman–Crippen LogP) is 3.41. The Bertz CT molecular complexity index is 835. The van der Waals surface area contributed by atoms with E-state index in [9.17, 15) is 19.5 Å². The number of piperidine rings is 1. The first-order valence-electron chi connectivity index (χ1n) is 14.9. The Morgan fingerprint density at radius 3 is 2.27 bits per heavy atom. The van der Waals surface area contributed by atoms with Crippen LogP contribution in [-0.4, -0.2) is 101 Å². The second-order valence-electron chi connectivity index (χ2n) is 11.8. The standard InChI is InChI=1S/C30H56N4O5S/c1-11-39-30(38)23(15-17-40-10)31-27(35)22(8)18-25(19(2)3)33(9)29(37)26(20(4)5)32-28(36)24-14-12-13-16-34(24)21(6)7/h18-21,23-26,30,38H,11-17H2,1-10H3,(H,31,35)(H,32,36)/t23-,24+,25+,26-,30?/m0/s1. The number of carbonyl (C=O) groups excluding carboxylic acids is 3. The van der Waals surface area contributed by atoms with E-state index in [-0.39, 0.29) is 47.7 Å². The first kappa shape index (κ1) is 36.4. The Kier molecular flexibility index (Phi) is 16.4. The summed E-state index contributed by atoms with van der Waals surface area (Å²) in [4.78, 5) is 44.1. The Hall–Kier alpha value is -1.62. The van der Waals surface area contributed by atoms with Gasteiger partial charge in [-0.2, -0.15) is 11.8 Å². The van der Waals surface area contributed by atoms with E-state index in [1.54, 1.807) is 43.6 Å². The fraction of sp³-hybridized carbons (Fsp3) is 0.833. The smallest absolute Gasteiger partial charge is 0.247 e. The van der Waals surface area contributed by atoms with Crippen LogP contribution < -0.4 is 10.6 Å². The van der Waals surface area contributed by atoms with Crippen LogP contribution in [0.5, 0.6) is 0 Å². The summed E-state index contributed by atoms with van der Waals surface area (Å²) in [5.41, 5.74) is 0.455. The lowest BCUT2D eigenvalue weighted by Crippen LogP contribution is -2.58. The molecule has 0 aliphatic carbocycles. The van der Waals surface area contributed by atoms with Gasteiger partial charge < -0.3 is 25.4 Å². The van der Waals surface area contributed by atoms with Crippen LogP contribution >= 0.6 is 11.8 Å². The lowest BCUT2D eigenvalue weighted by Gasteiger charge is -2.39. The molecule has 3 N–H and O–H groups in total. The third-order valence-electron chi connectivity index (χ3n) is 7.63. The number of ether oxygens (including phenoxy) is 1. The highest BCUT2D eigenvalue weighted by Gasteiger charge is 2.36. The van der Waals surface area contributed by atoms with Crippen LogP contribution in [0.1, 0.15) is 81.1 Å². The number of thioether (sulfide) groups is 1. The highest BCUT2D eigenvalue weighted by Crippen LogP contribution is 2.21. The lowest BCUT2D eigenvalue weighted by molar-refractivity contribution is -0.140. The van der Waals surface area contributed by atoms with Crippen LogP contribution in [0.4, 0.5) is 0 Å². The molecule has 5 atom stereocenters. The number of aliphatic hydroxyl groups is 1. The molecule has 1 heterocycles. The minimum Gasteiger partial charge on any atom is -0.366 e. The summed E-state index contributed by atoms with van der Waals surface area (Å²) in [5, 5.41) is 16.3. The van der Waals surface area contributed by atoms with Crippen molar-refractivity contribution in [3.05, 3.63) is 11.6 Å². The molecule has 1 aliphatic heterocycles. The van der Waals surface area contributed by atoms with Crippen LogP contribution in [0.3, 0.4) is 0 Å². The molecule has 1 rings (SSSR count). The van der Waals surface area contributed by atoms with Crippen molar-refractivity contribution in [3.8, 4) is 0 Å². The van der Waals surface area contributed by atoms with Crippen LogP contribution in [0.2, 0.25) is 0 Å². The van der Waals surface area contributed by atoms with E-state index in [4.69, 9.17) is 4.74 Å². The van der Waals surface area contributed by atoms with E-state index >= 15 is 0 Å². The first-order chi connectivity index (χ1) is 18.8. The molecule has 0 bridgehead atoms. The minimum absolute atomic E-state index is 0.0243. The fourth-order valence-corrected chi connectivity index (χ4v) is 5.66. The zero-order valence-electron chi connectivity index (χ0n) is 26.5. The highest BCUT2D eigenvalue weighted by molar-refractivity contribution is 7.98. The quantitative estimate of drug-likeness (QED) is 0.188. The molecule has 40 heavy (non-hydrogen) atoms. The second-order valence-corrected chi connectivity index (χ2v) is 12.8. The Morgan fingerprint density at radius 1 is 1.10 bits per heavy atom. The van der Waals surface area contributed by atoms with Crippen LogP contribution in [0, 0.1) is 11.8 Å². The summed E-state index contributed by atoms with van der Waals surface area (Å²) < 4.78 is 5.34. The van der Waals surface area contributed by atoms with Gasteiger partial charge in [-0.25, -0.2) is 0 Å². The number of nitrogens with zero attached hydrogens (tertiary/aromatic N) is 2. The highest BCUT2D eigenvalue weighted by atomic mass is 32.2. The van der Waals surface area contributed by atoms with E-state index < -0.39 is 18.4 Å². The van der Waals surface area contributed by atoms with Gasteiger partial charge in [0.25, 0.3) is 0 Å². The maximum absolute atomic E-state index is 13.8. The van der Waals surface area contributed by atoms with Gasteiger partial charge in [-0.1, -0.05) is 40.2 Å². The number of carbonyl (C=O) groups is 3. The molecule has 0 saturated carbocycles. The molecule has 0 spiro atoms. The van der Waals surface area contributed by atoms with Gasteiger partial charge in [-0.15, -0.1) is 0 Å². The van der Waals surface area contributed by atoms with Gasteiger partial charge in [-0.05, 0) is 77.3 Å². The number of hydrogen-bond donors (Lipinski definition) is 3. The van der Waals surface area contributed by atoms with Crippen LogP contribution in [0.15, 0.2) is 11.6 Å². The van der Waals surface area contributed by atoms with Crippen molar-refractivity contribution >= 4 is 29.5 Å². The van der Waals surface area contributed by atoms with E-state index in [1.165, 1.54) is 0 Å². The van der Waals surface area contributed by atoms with E-state index in [0.717, 1.165) is 31.6 Å². The van der Waals surface area contributed by atoms with Gasteiger partial charge in [0.2, 0.25) is 17.7 Å². The molecular formula is C30H56N4O5S. The van der Waals surface area contributed by atoms with Gasteiger partial charge in [0, 0.05) is 25.3 Å². The average Bonchev–Trinajstić information content (AvgIpc) is 2.90. The molecule has 9 nitrogen and oxygen atoms in total. The monoisotopic (exact) mass is 584 g/mol. The summed E-state index contributed by atoms with van der Waals surface area (Å²) in [6.45, 7) is 16.8. The van der Waals surface area contributed by atoms with Crippen molar-refractivity contribution in [2.24, 2.45) is 11.8 Å². The van der Waals surface area contributed by atoms with Crippen LogP contribution in [0.25, 0.3) is 0 Å². The lowest BCUT2D eigenvalue weighted by atomic mass is 9.95. The molecule has 10 heteroatoms. The maximum atomic E-state index is 13.8. The topological polar surface area (TPSA) is 111 Å². The van der Waals surface area contributed by atoms with Gasteiger partial charge in [-0.3, -0.25) is 19.3 Å².